The fraction of sp³-hybridized carbons (Fsp3) is 0.800. The first-order chi connectivity index (χ1) is 10.8. The summed E-state index contributed by atoms with van der Waals surface area (Å²) >= 11 is 0. The molecule has 3 fully saturated rings. The van der Waals surface area contributed by atoms with Crippen molar-refractivity contribution in [1.29, 1.82) is 0 Å². The highest BCUT2D eigenvalue weighted by Crippen LogP contribution is 2.59. The van der Waals surface area contributed by atoms with Crippen molar-refractivity contribution in [3.63, 3.8) is 0 Å². The quantitative estimate of drug-likeness (QED) is 0.631. The normalized spacial score (nSPS) is 47.1. The van der Waals surface area contributed by atoms with Crippen LogP contribution in [0, 0.1) is 35.5 Å². The van der Waals surface area contributed by atoms with Crippen molar-refractivity contribution < 1.29 is 9.59 Å². The molecule has 118 valence electrons. The van der Waals surface area contributed by atoms with Gasteiger partial charge in [0.05, 0.1) is 5.57 Å². The lowest BCUT2D eigenvalue weighted by Crippen LogP contribution is -2.38. The molecular formula is C20H26O2. The third-order valence-electron chi connectivity index (χ3n) is 7.69. The molecular weight excluding hydrogens is 272 g/mol. The van der Waals surface area contributed by atoms with Gasteiger partial charge in [0.1, 0.15) is 0 Å². The predicted octanol–water partition coefficient (Wildman–Crippen LogP) is 4.09. The smallest absolute Gasteiger partial charge is 0.170 e. The van der Waals surface area contributed by atoms with E-state index in [2.05, 4.69) is 0 Å². The summed E-state index contributed by atoms with van der Waals surface area (Å²) in [5, 5.41) is 0. The largest absolute Gasteiger partial charge is 0.294 e. The molecule has 22 heavy (non-hydrogen) atoms. The third kappa shape index (κ3) is 1.67. The van der Waals surface area contributed by atoms with Crippen molar-refractivity contribution in [3.05, 3.63) is 11.1 Å². The average Bonchev–Trinajstić information content (AvgIpc) is 3.01. The molecule has 5 rings (SSSR count). The molecule has 0 heterocycles. The molecule has 0 bridgehead atoms. The Morgan fingerprint density at radius 3 is 1.86 bits per heavy atom. The lowest BCUT2D eigenvalue weighted by Gasteiger charge is -2.43. The zero-order chi connectivity index (χ0) is 14.8. The van der Waals surface area contributed by atoms with E-state index in [1.165, 1.54) is 56.9 Å². The Hall–Kier alpha value is -0.920. The van der Waals surface area contributed by atoms with Gasteiger partial charge in [0.2, 0.25) is 0 Å². The Morgan fingerprint density at radius 2 is 1.14 bits per heavy atom. The third-order valence-corrected chi connectivity index (χ3v) is 7.69. The van der Waals surface area contributed by atoms with E-state index in [1.807, 2.05) is 0 Å². The number of hydrogen-bond donors (Lipinski definition) is 0. The van der Waals surface area contributed by atoms with Crippen LogP contribution >= 0.6 is 0 Å². The van der Waals surface area contributed by atoms with Crippen molar-refractivity contribution >= 4 is 11.6 Å². The van der Waals surface area contributed by atoms with E-state index in [-0.39, 0.29) is 23.4 Å². The van der Waals surface area contributed by atoms with Crippen LogP contribution in [-0.2, 0) is 9.59 Å². The standard InChI is InChI=1S/C20H26O2/c21-19-14-8-4-3-7-13(14)17-15-9-11-5-1-2-6-12(11)10-16(15)20(22)18(17)19/h11-16H,1-10H2. The van der Waals surface area contributed by atoms with Crippen molar-refractivity contribution in [2.45, 2.75) is 64.2 Å². The molecule has 6 unspecified atom stereocenters. The van der Waals surface area contributed by atoms with E-state index in [0.717, 1.165) is 30.3 Å². The number of allylic oxidation sites excluding steroid dienone is 2. The van der Waals surface area contributed by atoms with Crippen LogP contribution in [0.3, 0.4) is 0 Å². The molecule has 0 aliphatic heterocycles. The van der Waals surface area contributed by atoms with Gasteiger partial charge in [-0.3, -0.25) is 9.59 Å². The highest BCUT2D eigenvalue weighted by Gasteiger charge is 2.57. The van der Waals surface area contributed by atoms with Crippen molar-refractivity contribution in [2.24, 2.45) is 35.5 Å². The minimum atomic E-state index is 0.188. The van der Waals surface area contributed by atoms with E-state index in [4.69, 9.17) is 0 Å². The van der Waals surface area contributed by atoms with E-state index >= 15 is 0 Å². The van der Waals surface area contributed by atoms with Crippen LogP contribution in [0.5, 0.6) is 0 Å². The van der Waals surface area contributed by atoms with Crippen molar-refractivity contribution in [3.8, 4) is 0 Å². The first-order valence-electron chi connectivity index (χ1n) is 9.58. The number of ketones is 2. The molecule has 0 amide bonds. The van der Waals surface area contributed by atoms with Gasteiger partial charge < -0.3 is 0 Å². The van der Waals surface area contributed by atoms with Crippen LogP contribution in [-0.4, -0.2) is 11.6 Å². The van der Waals surface area contributed by atoms with Gasteiger partial charge in [0.25, 0.3) is 0 Å². The highest BCUT2D eigenvalue weighted by atomic mass is 16.2. The van der Waals surface area contributed by atoms with Gasteiger partial charge in [-0.05, 0) is 54.9 Å². The first-order valence-corrected chi connectivity index (χ1v) is 9.58. The minimum Gasteiger partial charge on any atom is -0.294 e. The second kappa shape index (κ2) is 4.79. The molecule has 5 aliphatic rings. The van der Waals surface area contributed by atoms with E-state index in [9.17, 15) is 9.59 Å². The SMILES string of the molecule is O=C1C2=C(C3CCCCC13)C1CC3CCCCC3CC1C2=O. The van der Waals surface area contributed by atoms with Crippen molar-refractivity contribution in [2.75, 3.05) is 0 Å². The Morgan fingerprint density at radius 1 is 0.591 bits per heavy atom. The summed E-state index contributed by atoms with van der Waals surface area (Å²) in [6.45, 7) is 0. The molecule has 0 aromatic rings. The average molecular weight is 298 g/mol. The van der Waals surface area contributed by atoms with Gasteiger partial charge in [-0.2, -0.15) is 0 Å². The molecule has 5 aliphatic carbocycles. The molecule has 2 heteroatoms. The number of carbonyl (C=O) groups is 2. The van der Waals surface area contributed by atoms with Gasteiger partial charge in [-0.25, -0.2) is 0 Å². The maximum Gasteiger partial charge on any atom is 0.170 e. The Kier molecular flexibility index (Phi) is 2.94. The van der Waals surface area contributed by atoms with Crippen LogP contribution in [0.15, 0.2) is 11.1 Å². The van der Waals surface area contributed by atoms with Gasteiger partial charge in [0, 0.05) is 11.8 Å². The molecule has 0 aromatic carbocycles. The topological polar surface area (TPSA) is 34.1 Å². The molecule has 0 N–H and O–H groups in total. The summed E-state index contributed by atoms with van der Waals surface area (Å²) < 4.78 is 0. The first kappa shape index (κ1) is 13.5. The van der Waals surface area contributed by atoms with E-state index in [0.29, 0.717) is 11.8 Å². The Bertz CT molecular complexity index is 572. The molecule has 0 spiro atoms. The summed E-state index contributed by atoms with van der Waals surface area (Å²) in [5.41, 5.74) is 2.10. The zero-order valence-corrected chi connectivity index (χ0v) is 13.4. The Balaban J connectivity index is 1.51. The number of hydrogen-bond acceptors (Lipinski definition) is 2. The summed E-state index contributed by atoms with van der Waals surface area (Å²) in [6.07, 6.45) is 12.4. The summed E-state index contributed by atoms with van der Waals surface area (Å²) in [7, 11) is 0. The summed E-state index contributed by atoms with van der Waals surface area (Å²) in [4.78, 5) is 25.8. The van der Waals surface area contributed by atoms with Gasteiger partial charge in [-0.15, -0.1) is 0 Å². The van der Waals surface area contributed by atoms with Crippen LogP contribution in [0.4, 0.5) is 0 Å². The predicted molar refractivity (Wildman–Crippen MR) is 84.2 cm³/mol. The number of Topliss-reactive ketones (excluding diaryl/α,β-unsaturated/α-hetero) is 2. The molecule has 0 saturated heterocycles. The lowest BCUT2D eigenvalue weighted by molar-refractivity contribution is -0.127. The molecule has 6 atom stereocenters. The second-order valence-electron chi connectivity index (χ2n) is 8.55. The Labute approximate surface area is 132 Å². The van der Waals surface area contributed by atoms with E-state index < -0.39 is 0 Å². The summed E-state index contributed by atoms with van der Waals surface area (Å²) in [6, 6.07) is 0. The fourth-order valence-electron chi connectivity index (χ4n) is 6.76. The van der Waals surface area contributed by atoms with Gasteiger partial charge in [0.15, 0.2) is 11.6 Å². The monoisotopic (exact) mass is 298 g/mol. The molecule has 0 radical (unpaired) electrons. The van der Waals surface area contributed by atoms with Gasteiger partial charge >= 0.3 is 0 Å². The van der Waals surface area contributed by atoms with Gasteiger partial charge in [-0.1, -0.05) is 38.5 Å². The van der Waals surface area contributed by atoms with E-state index in [1.54, 1.807) is 0 Å². The zero-order valence-electron chi connectivity index (χ0n) is 13.4. The highest BCUT2D eigenvalue weighted by molar-refractivity contribution is 6.25. The number of carbonyl (C=O) groups excluding carboxylic acids is 2. The molecule has 3 saturated carbocycles. The van der Waals surface area contributed by atoms with Crippen LogP contribution < -0.4 is 0 Å². The second-order valence-corrected chi connectivity index (χ2v) is 8.55. The van der Waals surface area contributed by atoms with Crippen molar-refractivity contribution in [1.82, 2.24) is 0 Å². The maximum atomic E-state index is 13.0. The lowest BCUT2D eigenvalue weighted by atomic mass is 9.61. The summed E-state index contributed by atoms with van der Waals surface area (Å²) in [5.74, 6) is 3.42. The number of rotatable bonds is 0. The van der Waals surface area contributed by atoms with Crippen LogP contribution in [0.25, 0.3) is 0 Å². The molecule has 0 aromatic heterocycles. The fourth-order valence-corrected chi connectivity index (χ4v) is 6.76. The number of fused-ring (bicyclic) bond motifs is 5. The van der Waals surface area contributed by atoms with Crippen LogP contribution in [0.2, 0.25) is 0 Å². The maximum absolute atomic E-state index is 13.0. The van der Waals surface area contributed by atoms with Crippen LogP contribution in [0.1, 0.15) is 64.2 Å². The molecule has 2 nitrogen and oxygen atoms in total. The minimum absolute atomic E-state index is 0.188.